The SMILES string of the molecule is O=C(c1ccc(-c2ccccc2)c(Br)c1)C(F)F. The zero-order valence-electron chi connectivity index (χ0n) is 9.24. The van der Waals surface area contributed by atoms with Crippen molar-refractivity contribution in [2.45, 2.75) is 6.43 Å². The van der Waals surface area contributed by atoms with Gasteiger partial charge in [-0.15, -0.1) is 0 Å². The Morgan fingerprint density at radius 2 is 1.72 bits per heavy atom. The van der Waals surface area contributed by atoms with Gasteiger partial charge in [-0.05, 0) is 17.2 Å². The number of carbonyl (C=O) groups is 1. The van der Waals surface area contributed by atoms with Crippen molar-refractivity contribution in [3.63, 3.8) is 0 Å². The lowest BCUT2D eigenvalue weighted by Crippen LogP contribution is -2.09. The van der Waals surface area contributed by atoms with Gasteiger partial charge >= 0.3 is 6.43 Å². The van der Waals surface area contributed by atoms with E-state index in [4.69, 9.17) is 0 Å². The van der Waals surface area contributed by atoms with Crippen LogP contribution in [-0.2, 0) is 0 Å². The summed E-state index contributed by atoms with van der Waals surface area (Å²) in [6, 6.07) is 14.0. The first kappa shape index (κ1) is 12.9. The fourth-order valence-electron chi connectivity index (χ4n) is 1.65. The standard InChI is InChI=1S/C14H9BrF2O/c15-12-8-10(13(18)14(16)17)6-7-11(12)9-4-2-1-3-5-9/h1-8,14H. The van der Waals surface area contributed by atoms with Crippen molar-refractivity contribution in [3.05, 3.63) is 58.6 Å². The second-order valence-corrected chi connectivity index (χ2v) is 4.58. The molecular weight excluding hydrogens is 302 g/mol. The van der Waals surface area contributed by atoms with Crippen LogP contribution in [0.4, 0.5) is 8.78 Å². The van der Waals surface area contributed by atoms with E-state index >= 15 is 0 Å². The summed E-state index contributed by atoms with van der Waals surface area (Å²) >= 11 is 3.30. The van der Waals surface area contributed by atoms with Crippen LogP contribution in [0.2, 0.25) is 0 Å². The third-order valence-corrected chi connectivity index (χ3v) is 3.19. The third-order valence-electron chi connectivity index (χ3n) is 2.54. The lowest BCUT2D eigenvalue weighted by molar-refractivity contribution is 0.0678. The molecule has 2 rings (SSSR count). The Labute approximate surface area is 112 Å². The minimum atomic E-state index is -2.97. The van der Waals surface area contributed by atoms with Crippen LogP contribution in [0, 0.1) is 0 Å². The molecule has 0 unspecified atom stereocenters. The van der Waals surface area contributed by atoms with E-state index in [9.17, 15) is 13.6 Å². The highest BCUT2D eigenvalue weighted by Gasteiger charge is 2.18. The monoisotopic (exact) mass is 310 g/mol. The second-order valence-electron chi connectivity index (χ2n) is 3.73. The third kappa shape index (κ3) is 2.64. The van der Waals surface area contributed by atoms with E-state index in [0.29, 0.717) is 4.47 Å². The Bertz CT molecular complexity index is 567. The Kier molecular flexibility index (Phi) is 3.87. The molecule has 0 spiro atoms. The molecule has 0 aliphatic carbocycles. The van der Waals surface area contributed by atoms with Crippen molar-refractivity contribution >= 4 is 21.7 Å². The lowest BCUT2D eigenvalue weighted by Gasteiger charge is -2.07. The largest absolute Gasteiger partial charge is 0.300 e. The molecule has 0 N–H and O–H groups in total. The van der Waals surface area contributed by atoms with Crippen molar-refractivity contribution in [2.24, 2.45) is 0 Å². The summed E-state index contributed by atoms with van der Waals surface area (Å²) in [7, 11) is 0. The van der Waals surface area contributed by atoms with E-state index < -0.39 is 12.2 Å². The molecule has 0 aliphatic rings. The molecule has 0 amide bonds. The zero-order chi connectivity index (χ0) is 13.1. The summed E-state index contributed by atoms with van der Waals surface area (Å²) in [4.78, 5) is 11.2. The number of ketones is 1. The number of Topliss-reactive ketones (excluding diaryl/α,β-unsaturated/α-hetero) is 1. The summed E-state index contributed by atoms with van der Waals surface area (Å²) in [6.45, 7) is 0. The van der Waals surface area contributed by atoms with Crippen molar-refractivity contribution < 1.29 is 13.6 Å². The van der Waals surface area contributed by atoms with Crippen LogP contribution in [-0.4, -0.2) is 12.2 Å². The number of rotatable bonds is 3. The molecule has 0 saturated carbocycles. The van der Waals surface area contributed by atoms with E-state index in [-0.39, 0.29) is 5.56 Å². The van der Waals surface area contributed by atoms with E-state index in [2.05, 4.69) is 15.9 Å². The van der Waals surface area contributed by atoms with Crippen LogP contribution < -0.4 is 0 Å². The maximum atomic E-state index is 12.3. The van der Waals surface area contributed by atoms with E-state index in [1.54, 1.807) is 6.07 Å². The van der Waals surface area contributed by atoms with Crippen LogP contribution >= 0.6 is 15.9 Å². The molecule has 0 aliphatic heterocycles. The molecule has 2 aromatic rings. The molecule has 4 heteroatoms. The Balaban J connectivity index is 2.40. The highest BCUT2D eigenvalue weighted by molar-refractivity contribution is 9.10. The Hall–Kier alpha value is -1.55. The molecule has 0 bridgehead atoms. The second kappa shape index (κ2) is 5.40. The zero-order valence-corrected chi connectivity index (χ0v) is 10.8. The molecule has 0 atom stereocenters. The topological polar surface area (TPSA) is 17.1 Å². The lowest BCUT2D eigenvalue weighted by atomic mass is 10.0. The molecule has 2 aromatic carbocycles. The van der Waals surface area contributed by atoms with E-state index in [0.717, 1.165) is 11.1 Å². The predicted octanol–water partition coefficient (Wildman–Crippen LogP) is 4.56. The first-order valence-electron chi connectivity index (χ1n) is 5.27. The molecule has 0 saturated heterocycles. The fourth-order valence-corrected chi connectivity index (χ4v) is 2.25. The number of carbonyl (C=O) groups excluding carboxylic acids is 1. The first-order valence-corrected chi connectivity index (χ1v) is 6.06. The van der Waals surface area contributed by atoms with Gasteiger partial charge in [0.1, 0.15) is 0 Å². The van der Waals surface area contributed by atoms with Crippen LogP contribution in [0.3, 0.4) is 0 Å². The quantitative estimate of drug-likeness (QED) is 0.759. The van der Waals surface area contributed by atoms with Crippen molar-refractivity contribution in [1.82, 2.24) is 0 Å². The van der Waals surface area contributed by atoms with Crippen LogP contribution in [0.15, 0.2) is 53.0 Å². The highest BCUT2D eigenvalue weighted by Crippen LogP contribution is 2.29. The molecule has 0 heterocycles. The predicted molar refractivity (Wildman–Crippen MR) is 69.9 cm³/mol. The number of halogens is 3. The van der Waals surface area contributed by atoms with Gasteiger partial charge in [-0.1, -0.05) is 58.4 Å². The van der Waals surface area contributed by atoms with Gasteiger partial charge in [0.2, 0.25) is 5.78 Å². The molecule has 0 fully saturated rings. The van der Waals surface area contributed by atoms with Crippen molar-refractivity contribution in [1.29, 1.82) is 0 Å². The maximum Gasteiger partial charge on any atom is 0.300 e. The Morgan fingerprint density at radius 3 is 2.28 bits per heavy atom. The summed E-state index contributed by atoms with van der Waals surface area (Å²) in [5.74, 6) is -1.16. The summed E-state index contributed by atoms with van der Waals surface area (Å²) < 4.78 is 25.2. The first-order chi connectivity index (χ1) is 8.59. The van der Waals surface area contributed by atoms with Crippen molar-refractivity contribution in [3.8, 4) is 11.1 Å². The van der Waals surface area contributed by atoms with Gasteiger partial charge in [-0.3, -0.25) is 4.79 Å². The van der Waals surface area contributed by atoms with Gasteiger partial charge < -0.3 is 0 Å². The molecule has 0 radical (unpaired) electrons. The van der Waals surface area contributed by atoms with Gasteiger partial charge in [-0.25, -0.2) is 8.78 Å². The Morgan fingerprint density at radius 1 is 1.06 bits per heavy atom. The summed E-state index contributed by atoms with van der Waals surface area (Å²) in [6.07, 6.45) is -2.97. The number of benzene rings is 2. The molecule has 1 nitrogen and oxygen atoms in total. The van der Waals surface area contributed by atoms with Crippen LogP contribution in [0.1, 0.15) is 10.4 Å². The fraction of sp³-hybridized carbons (Fsp3) is 0.0714. The van der Waals surface area contributed by atoms with Crippen LogP contribution in [0.25, 0.3) is 11.1 Å². The average Bonchev–Trinajstić information content (AvgIpc) is 2.38. The minimum Gasteiger partial charge on any atom is -0.288 e. The molecule has 0 aromatic heterocycles. The average molecular weight is 311 g/mol. The van der Waals surface area contributed by atoms with Crippen molar-refractivity contribution in [2.75, 3.05) is 0 Å². The minimum absolute atomic E-state index is 0.0107. The van der Waals surface area contributed by atoms with Gasteiger partial charge in [-0.2, -0.15) is 0 Å². The molecule has 92 valence electrons. The number of alkyl halides is 2. The van der Waals surface area contributed by atoms with Crippen LogP contribution in [0.5, 0.6) is 0 Å². The number of hydrogen-bond donors (Lipinski definition) is 0. The summed E-state index contributed by atoms with van der Waals surface area (Å²) in [5.41, 5.74) is 1.83. The van der Waals surface area contributed by atoms with E-state index in [1.165, 1.54) is 12.1 Å². The van der Waals surface area contributed by atoms with Gasteiger partial charge in [0.15, 0.2) is 0 Å². The van der Waals surface area contributed by atoms with Gasteiger partial charge in [0.25, 0.3) is 0 Å². The van der Waals surface area contributed by atoms with Gasteiger partial charge in [0.05, 0.1) is 0 Å². The summed E-state index contributed by atoms with van der Waals surface area (Å²) in [5, 5.41) is 0. The molecular formula is C14H9BrF2O. The van der Waals surface area contributed by atoms with E-state index in [1.807, 2.05) is 30.3 Å². The highest BCUT2D eigenvalue weighted by atomic mass is 79.9. The van der Waals surface area contributed by atoms with Gasteiger partial charge in [0, 0.05) is 10.0 Å². The normalized spacial score (nSPS) is 10.7. The maximum absolute atomic E-state index is 12.3. The molecule has 18 heavy (non-hydrogen) atoms. The number of hydrogen-bond acceptors (Lipinski definition) is 1. The smallest absolute Gasteiger partial charge is 0.288 e.